The van der Waals surface area contributed by atoms with Crippen LogP contribution in [0.15, 0.2) is 9.52 Å². The number of hydrogen-bond acceptors (Lipinski definition) is 6. The van der Waals surface area contributed by atoms with Gasteiger partial charge in [-0.3, -0.25) is 4.99 Å². The Morgan fingerprint density at radius 1 is 1.32 bits per heavy atom. The van der Waals surface area contributed by atoms with Gasteiger partial charge in [-0.15, -0.1) is 24.0 Å². The second-order valence-electron chi connectivity index (χ2n) is 6.22. The van der Waals surface area contributed by atoms with E-state index in [9.17, 15) is 0 Å². The first-order valence-electron chi connectivity index (χ1n) is 8.74. The molecular formula is C16H28IN5O3. The van der Waals surface area contributed by atoms with Gasteiger partial charge in [0.1, 0.15) is 6.10 Å². The van der Waals surface area contributed by atoms with Crippen molar-refractivity contribution in [1.29, 1.82) is 0 Å². The van der Waals surface area contributed by atoms with Crippen LogP contribution in [0.1, 0.15) is 31.0 Å². The minimum atomic E-state index is 0. The first-order valence-corrected chi connectivity index (χ1v) is 8.74. The van der Waals surface area contributed by atoms with Crippen molar-refractivity contribution in [3.8, 4) is 0 Å². The van der Waals surface area contributed by atoms with Crippen molar-refractivity contribution >= 4 is 29.9 Å². The lowest BCUT2D eigenvalue weighted by Gasteiger charge is -2.37. The molecule has 0 radical (unpaired) electrons. The van der Waals surface area contributed by atoms with Gasteiger partial charge in [0.25, 0.3) is 0 Å². The molecule has 2 aliphatic rings. The van der Waals surface area contributed by atoms with Crippen LogP contribution in [0.3, 0.4) is 0 Å². The minimum absolute atomic E-state index is 0. The lowest BCUT2D eigenvalue weighted by Crippen LogP contribution is -2.53. The molecule has 1 aromatic heterocycles. The van der Waals surface area contributed by atoms with E-state index in [0.717, 1.165) is 57.9 Å². The molecule has 0 saturated carbocycles. The van der Waals surface area contributed by atoms with Crippen LogP contribution in [0.25, 0.3) is 0 Å². The zero-order valence-electron chi connectivity index (χ0n) is 14.9. The highest BCUT2D eigenvalue weighted by atomic mass is 127. The van der Waals surface area contributed by atoms with Crippen molar-refractivity contribution in [2.45, 2.75) is 44.8 Å². The summed E-state index contributed by atoms with van der Waals surface area (Å²) in [4.78, 5) is 10.9. The Kier molecular flexibility index (Phi) is 8.37. The monoisotopic (exact) mass is 465 g/mol. The molecule has 2 saturated heterocycles. The fourth-order valence-corrected chi connectivity index (χ4v) is 3.20. The van der Waals surface area contributed by atoms with Crippen LogP contribution in [0.2, 0.25) is 0 Å². The molecule has 142 valence electrons. The van der Waals surface area contributed by atoms with E-state index in [2.05, 4.69) is 25.3 Å². The summed E-state index contributed by atoms with van der Waals surface area (Å²) in [6.07, 6.45) is 4.28. The number of guanidine groups is 1. The molecule has 3 rings (SSSR count). The highest BCUT2D eigenvalue weighted by molar-refractivity contribution is 14.0. The van der Waals surface area contributed by atoms with Crippen molar-refractivity contribution in [3.63, 3.8) is 0 Å². The number of halogens is 1. The van der Waals surface area contributed by atoms with E-state index in [1.807, 2.05) is 14.0 Å². The van der Waals surface area contributed by atoms with E-state index in [1.54, 1.807) is 0 Å². The van der Waals surface area contributed by atoms with E-state index >= 15 is 0 Å². The summed E-state index contributed by atoms with van der Waals surface area (Å²) in [5.41, 5.74) is 0. The first kappa shape index (κ1) is 20.4. The van der Waals surface area contributed by atoms with Gasteiger partial charge in [-0.25, -0.2) is 0 Å². The second kappa shape index (κ2) is 10.3. The molecule has 1 aromatic rings. The molecule has 0 bridgehead atoms. The number of aryl methyl sites for hydroxylation is 2. The molecule has 2 fully saturated rings. The van der Waals surface area contributed by atoms with E-state index in [0.29, 0.717) is 18.3 Å². The Bertz CT molecular complexity index is 548. The largest absolute Gasteiger partial charge is 0.375 e. The number of aliphatic imine (C=N–C) groups is 1. The molecule has 0 amide bonds. The van der Waals surface area contributed by atoms with Crippen LogP contribution >= 0.6 is 24.0 Å². The minimum Gasteiger partial charge on any atom is -0.375 e. The normalized spacial score (nSPS) is 24.2. The van der Waals surface area contributed by atoms with E-state index < -0.39 is 0 Å². The van der Waals surface area contributed by atoms with Gasteiger partial charge in [0.05, 0.1) is 12.7 Å². The fraction of sp³-hybridized carbons (Fsp3) is 0.812. The zero-order chi connectivity index (χ0) is 16.8. The number of morpholine rings is 1. The zero-order valence-corrected chi connectivity index (χ0v) is 17.3. The maximum atomic E-state index is 5.90. The third-order valence-corrected chi connectivity index (χ3v) is 4.40. The summed E-state index contributed by atoms with van der Waals surface area (Å²) in [6.45, 7) is 5.89. The third-order valence-electron chi connectivity index (χ3n) is 4.40. The van der Waals surface area contributed by atoms with Crippen molar-refractivity contribution < 1.29 is 14.0 Å². The first-order chi connectivity index (χ1) is 11.8. The standard InChI is InChI=1S/C16H27N5O3.HI/c1-12-19-15(24-20-12)6-3-7-18-16(17-2)21-8-10-23-14(11-21)13-5-4-9-22-13;/h13-14H,3-11H2,1-2H3,(H,17,18);1H. The van der Waals surface area contributed by atoms with Crippen LogP contribution in [-0.4, -0.2) is 73.1 Å². The quantitative estimate of drug-likeness (QED) is 0.305. The Balaban J connectivity index is 0.00000225. The smallest absolute Gasteiger partial charge is 0.226 e. The number of rotatable bonds is 5. The highest BCUT2D eigenvalue weighted by Crippen LogP contribution is 2.21. The van der Waals surface area contributed by atoms with Gasteiger partial charge >= 0.3 is 0 Å². The van der Waals surface area contributed by atoms with Gasteiger partial charge in [-0.1, -0.05) is 5.16 Å². The molecule has 2 unspecified atom stereocenters. The maximum absolute atomic E-state index is 5.90. The van der Waals surface area contributed by atoms with Crippen molar-refractivity contribution in [2.75, 3.05) is 39.9 Å². The molecule has 9 heteroatoms. The average molecular weight is 465 g/mol. The molecule has 1 N–H and O–H groups in total. The molecule has 0 aromatic carbocycles. The fourth-order valence-electron chi connectivity index (χ4n) is 3.20. The number of nitrogens with zero attached hydrogens (tertiary/aromatic N) is 4. The highest BCUT2D eigenvalue weighted by Gasteiger charge is 2.32. The number of nitrogens with one attached hydrogen (secondary N) is 1. The van der Waals surface area contributed by atoms with Gasteiger partial charge in [-0.2, -0.15) is 4.98 Å². The number of hydrogen-bond donors (Lipinski definition) is 1. The van der Waals surface area contributed by atoms with Gasteiger partial charge in [0.15, 0.2) is 11.8 Å². The Labute approximate surface area is 165 Å². The molecule has 0 spiro atoms. The maximum Gasteiger partial charge on any atom is 0.226 e. The summed E-state index contributed by atoms with van der Waals surface area (Å²) >= 11 is 0. The molecule has 2 atom stereocenters. The summed E-state index contributed by atoms with van der Waals surface area (Å²) in [7, 11) is 1.82. The number of ether oxygens (including phenoxy) is 2. The van der Waals surface area contributed by atoms with Crippen LogP contribution in [0, 0.1) is 6.92 Å². The van der Waals surface area contributed by atoms with Crippen LogP contribution in [-0.2, 0) is 15.9 Å². The molecule has 0 aliphatic carbocycles. The van der Waals surface area contributed by atoms with Crippen LogP contribution < -0.4 is 5.32 Å². The second-order valence-corrected chi connectivity index (χ2v) is 6.22. The summed E-state index contributed by atoms with van der Waals surface area (Å²) in [5, 5.41) is 7.22. The van der Waals surface area contributed by atoms with Crippen molar-refractivity contribution in [1.82, 2.24) is 20.4 Å². The predicted molar refractivity (Wildman–Crippen MR) is 104 cm³/mol. The molecule has 3 heterocycles. The Morgan fingerprint density at radius 2 is 2.16 bits per heavy atom. The summed E-state index contributed by atoms with van der Waals surface area (Å²) in [6, 6.07) is 0. The van der Waals surface area contributed by atoms with Gasteiger partial charge in [-0.05, 0) is 26.2 Å². The molecule has 8 nitrogen and oxygen atoms in total. The number of aromatic nitrogens is 2. The van der Waals surface area contributed by atoms with Gasteiger partial charge in [0.2, 0.25) is 5.89 Å². The van der Waals surface area contributed by atoms with Crippen molar-refractivity contribution in [3.05, 3.63) is 11.7 Å². The molecule has 25 heavy (non-hydrogen) atoms. The molecule has 2 aliphatic heterocycles. The lowest BCUT2D eigenvalue weighted by atomic mass is 10.1. The SMILES string of the molecule is CN=C(NCCCc1nc(C)no1)N1CCOC(C2CCCO2)C1.I. The van der Waals surface area contributed by atoms with Crippen molar-refractivity contribution in [2.24, 2.45) is 4.99 Å². The van der Waals surface area contributed by atoms with E-state index in [4.69, 9.17) is 14.0 Å². The Hall–Kier alpha value is -0.940. The summed E-state index contributed by atoms with van der Waals surface area (Å²) < 4.78 is 16.8. The molecular weight excluding hydrogens is 437 g/mol. The third kappa shape index (κ3) is 5.78. The van der Waals surface area contributed by atoms with Gasteiger partial charge < -0.3 is 24.2 Å². The predicted octanol–water partition coefficient (Wildman–Crippen LogP) is 1.38. The topological polar surface area (TPSA) is 85.0 Å². The van der Waals surface area contributed by atoms with Crippen LogP contribution in [0.4, 0.5) is 0 Å². The van der Waals surface area contributed by atoms with E-state index in [-0.39, 0.29) is 36.2 Å². The van der Waals surface area contributed by atoms with Gasteiger partial charge in [0, 0.05) is 39.7 Å². The lowest BCUT2D eigenvalue weighted by molar-refractivity contribution is -0.0816. The average Bonchev–Trinajstić information content (AvgIpc) is 3.27. The summed E-state index contributed by atoms with van der Waals surface area (Å²) in [5.74, 6) is 2.29. The van der Waals surface area contributed by atoms with E-state index in [1.165, 1.54) is 0 Å². The van der Waals surface area contributed by atoms with Crippen LogP contribution in [0.5, 0.6) is 0 Å². The Morgan fingerprint density at radius 3 is 2.84 bits per heavy atom.